The third kappa shape index (κ3) is 5.37. The molecule has 0 spiro atoms. The quantitative estimate of drug-likeness (QED) is 0.613. The van der Waals surface area contributed by atoms with E-state index in [4.69, 9.17) is 5.73 Å². The van der Waals surface area contributed by atoms with Crippen molar-refractivity contribution in [3.8, 4) is 0 Å². The van der Waals surface area contributed by atoms with Crippen molar-refractivity contribution < 1.29 is 4.79 Å². The molecule has 0 saturated carbocycles. The molecule has 0 unspecified atom stereocenters. The number of para-hydroxylation sites is 1. The van der Waals surface area contributed by atoms with Gasteiger partial charge < -0.3 is 11.1 Å². The van der Waals surface area contributed by atoms with E-state index in [9.17, 15) is 4.79 Å². The van der Waals surface area contributed by atoms with Gasteiger partial charge in [0.05, 0.1) is 0 Å². The van der Waals surface area contributed by atoms with Crippen molar-refractivity contribution in [1.82, 2.24) is 0 Å². The molecule has 0 aliphatic rings. The van der Waals surface area contributed by atoms with Crippen molar-refractivity contribution in [3.63, 3.8) is 0 Å². The van der Waals surface area contributed by atoms with Gasteiger partial charge in [0.1, 0.15) is 0 Å². The number of nitrogens with two attached hydrogens (primary N) is 1. The van der Waals surface area contributed by atoms with E-state index in [0.29, 0.717) is 6.41 Å². The van der Waals surface area contributed by atoms with Gasteiger partial charge in [-0.25, -0.2) is 0 Å². The van der Waals surface area contributed by atoms with Gasteiger partial charge in [0.2, 0.25) is 6.41 Å². The van der Waals surface area contributed by atoms with E-state index in [0.717, 1.165) is 11.4 Å². The van der Waals surface area contributed by atoms with Gasteiger partial charge in [-0.1, -0.05) is 35.9 Å². The summed E-state index contributed by atoms with van der Waals surface area (Å²) in [7, 11) is 0. The molecule has 0 aromatic heterocycles. The van der Waals surface area contributed by atoms with Crippen LogP contribution in [0.25, 0.3) is 0 Å². The first kappa shape index (κ1) is 12.8. The lowest BCUT2D eigenvalue weighted by Crippen LogP contribution is -1.91. The molecule has 3 N–H and O–H groups in total. The van der Waals surface area contributed by atoms with Crippen LogP contribution in [0.15, 0.2) is 54.6 Å². The van der Waals surface area contributed by atoms with Crippen LogP contribution in [0.2, 0.25) is 0 Å². The third-order valence-corrected chi connectivity index (χ3v) is 2.08. The van der Waals surface area contributed by atoms with Crippen LogP contribution in [0.5, 0.6) is 0 Å². The van der Waals surface area contributed by atoms with Crippen molar-refractivity contribution in [2.24, 2.45) is 0 Å². The second-order valence-corrected chi connectivity index (χ2v) is 3.54. The van der Waals surface area contributed by atoms with Crippen molar-refractivity contribution in [3.05, 3.63) is 60.2 Å². The third-order valence-electron chi connectivity index (χ3n) is 2.08. The number of aryl methyl sites for hydroxylation is 1. The number of hydrogen-bond donors (Lipinski definition) is 2. The van der Waals surface area contributed by atoms with Crippen LogP contribution < -0.4 is 11.1 Å². The summed E-state index contributed by atoms with van der Waals surface area (Å²) in [6.45, 7) is 2.04. The summed E-state index contributed by atoms with van der Waals surface area (Å²) in [6.07, 6.45) is 0.662. The van der Waals surface area contributed by atoms with E-state index in [1.807, 2.05) is 61.5 Å². The lowest BCUT2D eigenvalue weighted by atomic mass is 10.2. The topological polar surface area (TPSA) is 55.1 Å². The first-order valence-corrected chi connectivity index (χ1v) is 5.30. The summed E-state index contributed by atoms with van der Waals surface area (Å²) >= 11 is 0. The van der Waals surface area contributed by atoms with Crippen LogP contribution in [0, 0.1) is 6.92 Å². The summed E-state index contributed by atoms with van der Waals surface area (Å²) in [5, 5.41) is 2.53. The Morgan fingerprint density at radius 1 is 1.00 bits per heavy atom. The van der Waals surface area contributed by atoms with Crippen molar-refractivity contribution in [2.75, 3.05) is 11.1 Å². The molecule has 0 aliphatic heterocycles. The Balaban J connectivity index is 0.000000171. The molecule has 2 aromatic carbocycles. The average Bonchev–Trinajstić information content (AvgIpc) is 2.36. The number of carbonyl (C=O) groups excluding carboxylic acids is 1. The summed E-state index contributed by atoms with van der Waals surface area (Å²) in [4.78, 5) is 9.86. The fourth-order valence-electron chi connectivity index (χ4n) is 1.17. The second-order valence-electron chi connectivity index (χ2n) is 3.54. The van der Waals surface area contributed by atoms with Gasteiger partial charge >= 0.3 is 0 Å². The van der Waals surface area contributed by atoms with E-state index in [2.05, 4.69) is 5.32 Å². The molecule has 3 heteroatoms. The van der Waals surface area contributed by atoms with Crippen molar-refractivity contribution in [2.45, 2.75) is 6.92 Å². The Morgan fingerprint density at radius 3 is 2.06 bits per heavy atom. The van der Waals surface area contributed by atoms with Gasteiger partial charge in [-0.2, -0.15) is 0 Å². The number of nitrogens with one attached hydrogen (secondary N) is 1. The highest BCUT2D eigenvalue weighted by Gasteiger charge is 1.82. The van der Waals surface area contributed by atoms with Crippen LogP contribution >= 0.6 is 0 Å². The largest absolute Gasteiger partial charge is 0.399 e. The fraction of sp³-hybridized carbons (Fsp3) is 0.0714. The Morgan fingerprint density at radius 2 is 1.59 bits per heavy atom. The second kappa shape index (κ2) is 7.06. The van der Waals surface area contributed by atoms with Gasteiger partial charge in [-0.05, 0) is 31.2 Å². The monoisotopic (exact) mass is 228 g/mol. The standard InChI is InChI=1S/C7H7NO.C7H9N/c9-6-8-7-4-2-1-3-5-7;1-6-2-4-7(8)5-3-6/h1-6H,(H,8,9);2-5H,8H2,1H3. The molecule has 2 aromatic rings. The van der Waals surface area contributed by atoms with Crippen molar-refractivity contribution >= 4 is 17.8 Å². The summed E-state index contributed by atoms with van der Waals surface area (Å²) in [5.41, 5.74) is 8.33. The fourth-order valence-corrected chi connectivity index (χ4v) is 1.17. The number of benzene rings is 2. The number of hydrogen-bond acceptors (Lipinski definition) is 2. The van der Waals surface area contributed by atoms with E-state index < -0.39 is 0 Å². The first-order chi connectivity index (χ1) is 8.22. The average molecular weight is 228 g/mol. The molecule has 0 aliphatic carbocycles. The van der Waals surface area contributed by atoms with Crippen molar-refractivity contribution in [1.29, 1.82) is 0 Å². The summed E-state index contributed by atoms with van der Waals surface area (Å²) in [6, 6.07) is 17.1. The molecule has 0 atom stereocenters. The normalized spacial score (nSPS) is 8.76. The molecular weight excluding hydrogens is 212 g/mol. The lowest BCUT2D eigenvalue weighted by molar-refractivity contribution is -0.105. The van der Waals surface area contributed by atoms with Gasteiger partial charge in [0.15, 0.2) is 0 Å². The van der Waals surface area contributed by atoms with E-state index in [-0.39, 0.29) is 0 Å². The zero-order valence-corrected chi connectivity index (χ0v) is 9.76. The maximum atomic E-state index is 9.86. The Labute approximate surface area is 101 Å². The van der Waals surface area contributed by atoms with Gasteiger partial charge in [-0.3, -0.25) is 4.79 Å². The molecule has 2 rings (SSSR count). The van der Waals surface area contributed by atoms with Gasteiger partial charge in [0, 0.05) is 11.4 Å². The highest BCUT2D eigenvalue weighted by molar-refractivity contribution is 5.70. The summed E-state index contributed by atoms with van der Waals surface area (Å²) < 4.78 is 0. The maximum Gasteiger partial charge on any atom is 0.211 e. The zero-order chi connectivity index (χ0) is 12.5. The molecular formula is C14H16N2O. The maximum absolute atomic E-state index is 9.86. The van der Waals surface area contributed by atoms with Gasteiger partial charge in [-0.15, -0.1) is 0 Å². The zero-order valence-electron chi connectivity index (χ0n) is 9.76. The smallest absolute Gasteiger partial charge is 0.211 e. The molecule has 3 nitrogen and oxygen atoms in total. The molecule has 88 valence electrons. The lowest BCUT2D eigenvalue weighted by Gasteiger charge is -1.93. The predicted octanol–water partition coefficient (Wildman–Crippen LogP) is 2.83. The van der Waals surface area contributed by atoms with E-state index in [1.54, 1.807) is 0 Å². The minimum Gasteiger partial charge on any atom is -0.399 e. The van der Waals surface area contributed by atoms with Crippen LogP contribution in [-0.2, 0) is 4.79 Å². The predicted molar refractivity (Wildman–Crippen MR) is 71.7 cm³/mol. The highest BCUT2D eigenvalue weighted by Crippen LogP contribution is 2.02. The van der Waals surface area contributed by atoms with Crippen LogP contribution in [0.1, 0.15) is 5.56 Å². The van der Waals surface area contributed by atoms with E-state index >= 15 is 0 Å². The van der Waals surface area contributed by atoms with E-state index in [1.165, 1.54) is 5.56 Å². The molecule has 0 heterocycles. The molecule has 0 bridgehead atoms. The minimum atomic E-state index is 0.662. The molecule has 0 radical (unpaired) electrons. The SMILES string of the molecule is Cc1ccc(N)cc1.O=CNc1ccccc1. The number of carbonyl (C=O) groups is 1. The van der Waals surface area contributed by atoms with Gasteiger partial charge in [0.25, 0.3) is 0 Å². The van der Waals surface area contributed by atoms with Crippen LogP contribution in [0.3, 0.4) is 0 Å². The Kier molecular flexibility index (Phi) is 5.31. The van der Waals surface area contributed by atoms with Crippen LogP contribution in [-0.4, -0.2) is 6.41 Å². The Hall–Kier alpha value is -2.29. The first-order valence-electron chi connectivity index (χ1n) is 5.30. The molecule has 17 heavy (non-hydrogen) atoms. The number of amides is 1. The van der Waals surface area contributed by atoms with Crippen LogP contribution in [0.4, 0.5) is 11.4 Å². The number of rotatable bonds is 2. The molecule has 1 amide bonds. The molecule has 0 saturated heterocycles. The highest BCUT2D eigenvalue weighted by atomic mass is 16.1. The minimum absolute atomic E-state index is 0.662. The number of anilines is 2. The summed E-state index contributed by atoms with van der Waals surface area (Å²) in [5.74, 6) is 0. The Bertz CT molecular complexity index is 417. The molecule has 0 fully saturated rings. The number of nitrogen functional groups attached to an aromatic ring is 1.